The van der Waals surface area contributed by atoms with Crippen molar-refractivity contribution in [2.45, 2.75) is 23.9 Å². The topological polar surface area (TPSA) is 118 Å². The standard InChI is InChI=1S/C16H14N2O6S/c19-16(20)14-9-11-5-1-2-6-12(11)10-17(14)25(23,24)15-8-4-3-7-13(15)18(21)22/h1-8,14H,9-10H2,(H,19,20). The first-order valence-corrected chi connectivity index (χ1v) is 8.81. The number of hydrogen-bond donors (Lipinski definition) is 1. The molecule has 0 saturated heterocycles. The van der Waals surface area contributed by atoms with Gasteiger partial charge in [-0.2, -0.15) is 4.31 Å². The number of nitrogens with zero attached hydrogens (tertiary/aromatic N) is 2. The Morgan fingerprint density at radius 1 is 1.12 bits per heavy atom. The Labute approximate surface area is 143 Å². The maximum absolute atomic E-state index is 13.0. The lowest BCUT2D eigenvalue weighted by Crippen LogP contribution is -2.48. The first-order chi connectivity index (χ1) is 11.8. The number of nitro benzene ring substituents is 1. The van der Waals surface area contributed by atoms with Gasteiger partial charge < -0.3 is 5.11 Å². The molecule has 0 spiro atoms. The summed E-state index contributed by atoms with van der Waals surface area (Å²) in [4.78, 5) is 21.5. The number of carbonyl (C=O) groups is 1. The fraction of sp³-hybridized carbons (Fsp3) is 0.188. The van der Waals surface area contributed by atoms with Crippen LogP contribution >= 0.6 is 0 Å². The molecule has 1 N–H and O–H groups in total. The molecule has 0 aliphatic carbocycles. The number of rotatable bonds is 4. The van der Waals surface area contributed by atoms with Crippen LogP contribution in [0.25, 0.3) is 0 Å². The molecule has 1 aliphatic heterocycles. The first-order valence-electron chi connectivity index (χ1n) is 7.37. The van der Waals surface area contributed by atoms with Crippen LogP contribution in [0.5, 0.6) is 0 Å². The molecular weight excluding hydrogens is 348 g/mol. The molecule has 25 heavy (non-hydrogen) atoms. The van der Waals surface area contributed by atoms with E-state index < -0.39 is 37.5 Å². The third-order valence-corrected chi connectivity index (χ3v) is 6.04. The summed E-state index contributed by atoms with van der Waals surface area (Å²) < 4.78 is 26.8. The number of nitro groups is 1. The number of aliphatic carboxylic acids is 1. The minimum absolute atomic E-state index is 0.00533. The van der Waals surface area contributed by atoms with E-state index in [9.17, 15) is 28.4 Å². The molecule has 0 amide bonds. The summed E-state index contributed by atoms with van der Waals surface area (Å²) in [7, 11) is -4.36. The second kappa shape index (κ2) is 6.26. The van der Waals surface area contributed by atoms with Crippen molar-refractivity contribution in [2.75, 3.05) is 0 Å². The second-order valence-electron chi connectivity index (χ2n) is 5.60. The zero-order valence-electron chi connectivity index (χ0n) is 12.9. The molecule has 2 aromatic rings. The zero-order chi connectivity index (χ0) is 18.2. The van der Waals surface area contributed by atoms with Gasteiger partial charge in [0.05, 0.1) is 4.92 Å². The fourth-order valence-electron chi connectivity index (χ4n) is 2.91. The smallest absolute Gasteiger partial charge is 0.322 e. The molecule has 0 aromatic heterocycles. The van der Waals surface area contributed by atoms with Crippen LogP contribution in [0.2, 0.25) is 0 Å². The lowest BCUT2D eigenvalue weighted by Gasteiger charge is -2.33. The Morgan fingerprint density at radius 3 is 2.36 bits per heavy atom. The van der Waals surface area contributed by atoms with Crippen LogP contribution in [0.3, 0.4) is 0 Å². The van der Waals surface area contributed by atoms with Crippen molar-refractivity contribution >= 4 is 21.7 Å². The highest BCUT2D eigenvalue weighted by Crippen LogP contribution is 2.32. The molecule has 0 saturated carbocycles. The predicted octanol–water partition coefficient (Wildman–Crippen LogP) is 1.79. The van der Waals surface area contributed by atoms with E-state index in [1.54, 1.807) is 24.3 Å². The molecule has 0 bridgehead atoms. The number of sulfonamides is 1. The van der Waals surface area contributed by atoms with E-state index >= 15 is 0 Å². The van der Waals surface area contributed by atoms with Crippen molar-refractivity contribution in [3.05, 3.63) is 69.8 Å². The van der Waals surface area contributed by atoms with E-state index in [4.69, 9.17) is 0 Å². The highest BCUT2D eigenvalue weighted by atomic mass is 32.2. The Hall–Kier alpha value is -2.78. The van der Waals surface area contributed by atoms with Gasteiger partial charge in [-0.15, -0.1) is 0 Å². The number of para-hydroxylation sites is 1. The molecule has 3 rings (SSSR count). The molecule has 0 fully saturated rings. The Morgan fingerprint density at radius 2 is 1.72 bits per heavy atom. The number of carboxylic acid groups (broad SMARTS) is 1. The van der Waals surface area contributed by atoms with Gasteiger partial charge in [0.15, 0.2) is 4.90 Å². The highest BCUT2D eigenvalue weighted by molar-refractivity contribution is 7.89. The molecule has 130 valence electrons. The van der Waals surface area contributed by atoms with Gasteiger partial charge in [0.2, 0.25) is 0 Å². The van der Waals surface area contributed by atoms with E-state index in [0.717, 1.165) is 22.0 Å². The molecule has 9 heteroatoms. The third-order valence-electron chi connectivity index (χ3n) is 4.14. The van der Waals surface area contributed by atoms with Crippen LogP contribution < -0.4 is 0 Å². The summed E-state index contributed by atoms with van der Waals surface area (Å²) >= 11 is 0. The van der Waals surface area contributed by atoms with E-state index in [2.05, 4.69) is 0 Å². The third kappa shape index (κ3) is 2.99. The Balaban J connectivity index is 2.13. The Kier molecular flexibility index (Phi) is 4.27. The molecule has 0 radical (unpaired) electrons. The zero-order valence-corrected chi connectivity index (χ0v) is 13.7. The van der Waals surface area contributed by atoms with Crippen molar-refractivity contribution < 1.29 is 23.2 Å². The van der Waals surface area contributed by atoms with Crippen molar-refractivity contribution in [2.24, 2.45) is 0 Å². The molecule has 1 aliphatic rings. The van der Waals surface area contributed by atoms with Crippen molar-refractivity contribution in [1.29, 1.82) is 0 Å². The van der Waals surface area contributed by atoms with E-state index in [1.807, 2.05) is 0 Å². The van der Waals surface area contributed by atoms with Gasteiger partial charge in [-0.1, -0.05) is 36.4 Å². The molecule has 1 unspecified atom stereocenters. The lowest BCUT2D eigenvalue weighted by atomic mass is 9.96. The van der Waals surface area contributed by atoms with Crippen molar-refractivity contribution in [3.63, 3.8) is 0 Å². The van der Waals surface area contributed by atoms with Crippen molar-refractivity contribution in [1.82, 2.24) is 4.31 Å². The van der Waals surface area contributed by atoms with Gasteiger partial charge in [-0.3, -0.25) is 14.9 Å². The van der Waals surface area contributed by atoms with Crippen LogP contribution in [0.15, 0.2) is 53.4 Å². The minimum atomic E-state index is -4.36. The first kappa shape index (κ1) is 17.1. The second-order valence-corrected chi connectivity index (χ2v) is 7.46. The monoisotopic (exact) mass is 362 g/mol. The summed E-state index contributed by atoms with van der Waals surface area (Å²) in [6.07, 6.45) is 0.00533. The molecular formula is C16H14N2O6S. The summed E-state index contributed by atoms with van der Waals surface area (Å²) in [5, 5.41) is 20.7. The van der Waals surface area contributed by atoms with E-state index in [1.165, 1.54) is 12.1 Å². The van der Waals surface area contributed by atoms with Gasteiger partial charge >= 0.3 is 5.97 Å². The normalized spacial score (nSPS) is 17.7. The largest absolute Gasteiger partial charge is 0.480 e. The lowest BCUT2D eigenvalue weighted by molar-refractivity contribution is -0.387. The predicted molar refractivity (Wildman–Crippen MR) is 87.4 cm³/mol. The van der Waals surface area contributed by atoms with Gasteiger partial charge in [0, 0.05) is 19.0 Å². The summed E-state index contributed by atoms with van der Waals surface area (Å²) in [5.74, 6) is -1.29. The minimum Gasteiger partial charge on any atom is -0.480 e. The fourth-order valence-corrected chi connectivity index (χ4v) is 4.63. The van der Waals surface area contributed by atoms with E-state index in [-0.39, 0.29) is 13.0 Å². The van der Waals surface area contributed by atoms with Gasteiger partial charge in [-0.05, 0) is 17.2 Å². The number of hydrogen-bond acceptors (Lipinski definition) is 5. The molecule has 1 atom stereocenters. The average Bonchev–Trinajstić information content (AvgIpc) is 2.60. The molecule has 2 aromatic carbocycles. The Bertz CT molecular complexity index is 957. The van der Waals surface area contributed by atoms with Gasteiger partial charge in [0.1, 0.15) is 6.04 Å². The van der Waals surface area contributed by atoms with Gasteiger partial charge in [0.25, 0.3) is 15.7 Å². The van der Waals surface area contributed by atoms with E-state index in [0.29, 0.717) is 5.56 Å². The summed E-state index contributed by atoms with van der Waals surface area (Å²) in [6.45, 7) is -0.151. The number of fused-ring (bicyclic) bond motifs is 1. The van der Waals surface area contributed by atoms with Crippen molar-refractivity contribution in [3.8, 4) is 0 Å². The van der Waals surface area contributed by atoms with Crippen LogP contribution in [-0.4, -0.2) is 34.8 Å². The molecule has 1 heterocycles. The summed E-state index contributed by atoms with van der Waals surface area (Å²) in [6, 6.07) is 10.6. The van der Waals surface area contributed by atoms with Gasteiger partial charge in [-0.25, -0.2) is 8.42 Å². The average molecular weight is 362 g/mol. The quantitative estimate of drug-likeness (QED) is 0.654. The molecule has 8 nitrogen and oxygen atoms in total. The van der Waals surface area contributed by atoms with Crippen LogP contribution in [-0.2, 0) is 27.8 Å². The number of benzene rings is 2. The number of carboxylic acids is 1. The SMILES string of the molecule is O=C(O)C1Cc2ccccc2CN1S(=O)(=O)c1ccccc1[N+](=O)[O-]. The van der Waals surface area contributed by atoms with Crippen LogP contribution in [0.1, 0.15) is 11.1 Å². The summed E-state index contributed by atoms with van der Waals surface area (Å²) in [5.41, 5.74) is 0.858. The van der Waals surface area contributed by atoms with Crippen LogP contribution in [0.4, 0.5) is 5.69 Å². The maximum atomic E-state index is 13.0. The van der Waals surface area contributed by atoms with Crippen LogP contribution in [0, 0.1) is 10.1 Å². The maximum Gasteiger partial charge on any atom is 0.322 e. The highest BCUT2D eigenvalue weighted by Gasteiger charge is 2.41.